The molecule has 1 aliphatic rings. The van der Waals surface area contributed by atoms with Crippen LogP contribution >= 0.6 is 0 Å². The van der Waals surface area contributed by atoms with Gasteiger partial charge in [-0.1, -0.05) is 27.2 Å². The molecule has 1 saturated heterocycles. The molecule has 1 heterocycles. The van der Waals surface area contributed by atoms with E-state index in [0.29, 0.717) is 23.9 Å². The molecule has 86 valence electrons. The van der Waals surface area contributed by atoms with Crippen LogP contribution in [-0.2, 0) is 0 Å². The van der Waals surface area contributed by atoms with Crippen LogP contribution in [-0.4, -0.2) is 24.7 Å². The Kier molecular flexibility index (Phi) is 4.56. The lowest BCUT2D eigenvalue weighted by atomic mass is 9.81. The highest BCUT2D eigenvalue weighted by Crippen LogP contribution is 2.23. The van der Waals surface area contributed by atoms with Crippen LogP contribution in [0.1, 0.15) is 34.1 Å². The van der Waals surface area contributed by atoms with Gasteiger partial charge < -0.3 is 5.32 Å². The van der Waals surface area contributed by atoms with E-state index in [1.165, 1.54) is 6.42 Å². The fraction of sp³-hybridized carbons (Fsp3) is 0.917. The topological polar surface area (TPSA) is 47.9 Å². The summed E-state index contributed by atoms with van der Waals surface area (Å²) in [5.74, 6) is 1.38. The third kappa shape index (κ3) is 2.93. The minimum atomic E-state index is -0.0269. The van der Waals surface area contributed by atoms with Gasteiger partial charge in [0.05, 0.1) is 6.07 Å². The van der Waals surface area contributed by atoms with Crippen molar-refractivity contribution in [3.8, 4) is 6.07 Å². The van der Waals surface area contributed by atoms with Gasteiger partial charge >= 0.3 is 0 Å². The Labute approximate surface area is 93.2 Å². The van der Waals surface area contributed by atoms with Crippen molar-refractivity contribution in [2.45, 2.75) is 52.2 Å². The average molecular weight is 209 g/mol. The van der Waals surface area contributed by atoms with Crippen molar-refractivity contribution in [3.05, 3.63) is 0 Å². The molecule has 0 aromatic heterocycles. The van der Waals surface area contributed by atoms with Crippen LogP contribution in [0.5, 0.6) is 0 Å². The van der Waals surface area contributed by atoms with Gasteiger partial charge in [0.1, 0.15) is 6.04 Å². The third-order valence-corrected chi connectivity index (χ3v) is 3.51. The number of nitrogens with one attached hydrogen (secondary N) is 2. The molecule has 4 unspecified atom stereocenters. The predicted molar refractivity (Wildman–Crippen MR) is 62.4 cm³/mol. The van der Waals surface area contributed by atoms with E-state index in [2.05, 4.69) is 44.4 Å². The Hall–Kier alpha value is -0.590. The average Bonchev–Trinajstić information content (AvgIpc) is 2.20. The highest BCUT2D eigenvalue weighted by Gasteiger charge is 2.32. The fourth-order valence-electron chi connectivity index (χ4n) is 2.66. The van der Waals surface area contributed by atoms with Crippen LogP contribution in [0.25, 0.3) is 0 Å². The van der Waals surface area contributed by atoms with Crippen molar-refractivity contribution in [1.29, 1.82) is 5.26 Å². The number of piperazine rings is 1. The summed E-state index contributed by atoms with van der Waals surface area (Å²) >= 11 is 0. The molecular formula is C12H23N3. The van der Waals surface area contributed by atoms with E-state index in [1.807, 2.05) is 0 Å². The SMILES string of the molecule is CCC(C(C)C)C1NCC(C#N)NC1C. The zero-order valence-electron chi connectivity index (χ0n) is 10.2. The lowest BCUT2D eigenvalue weighted by Crippen LogP contribution is -2.62. The summed E-state index contributed by atoms with van der Waals surface area (Å²) in [6, 6.07) is 3.13. The number of nitriles is 1. The van der Waals surface area contributed by atoms with E-state index in [-0.39, 0.29) is 6.04 Å². The molecule has 0 spiro atoms. The minimum Gasteiger partial charge on any atom is -0.310 e. The summed E-state index contributed by atoms with van der Waals surface area (Å²) in [4.78, 5) is 0. The summed E-state index contributed by atoms with van der Waals surface area (Å²) in [7, 11) is 0. The molecule has 0 amide bonds. The molecule has 4 atom stereocenters. The second kappa shape index (κ2) is 5.48. The summed E-state index contributed by atoms with van der Waals surface area (Å²) < 4.78 is 0. The molecule has 0 bridgehead atoms. The highest BCUT2D eigenvalue weighted by molar-refractivity contribution is 5.01. The number of hydrogen-bond acceptors (Lipinski definition) is 3. The lowest BCUT2D eigenvalue weighted by Gasteiger charge is -2.40. The Bertz CT molecular complexity index is 232. The molecule has 0 aromatic rings. The second-order valence-electron chi connectivity index (χ2n) is 4.89. The van der Waals surface area contributed by atoms with Crippen LogP contribution in [0.2, 0.25) is 0 Å². The van der Waals surface area contributed by atoms with Crippen LogP contribution in [0, 0.1) is 23.2 Å². The molecule has 1 fully saturated rings. The molecule has 2 N–H and O–H groups in total. The van der Waals surface area contributed by atoms with E-state index in [1.54, 1.807) is 0 Å². The van der Waals surface area contributed by atoms with Crippen LogP contribution in [0.15, 0.2) is 0 Å². The van der Waals surface area contributed by atoms with E-state index in [9.17, 15) is 0 Å². The van der Waals surface area contributed by atoms with E-state index in [0.717, 1.165) is 6.54 Å². The molecule has 0 aromatic carbocycles. The quantitative estimate of drug-likeness (QED) is 0.740. The van der Waals surface area contributed by atoms with Crippen LogP contribution in [0.4, 0.5) is 0 Å². The molecule has 3 nitrogen and oxygen atoms in total. The molecule has 0 aliphatic carbocycles. The smallest absolute Gasteiger partial charge is 0.108 e. The lowest BCUT2D eigenvalue weighted by molar-refractivity contribution is 0.190. The maximum absolute atomic E-state index is 8.85. The summed E-state index contributed by atoms with van der Waals surface area (Å²) in [5.41, 5.74) is 0. The van der Waals surface area contributed by atoms with Crippen molar-refractivity contribution >= 4 is 0 Å². The Morgan fingerprint density at radius 3 is 2.53 bits per heavy atom. The largest absolute Gasteiger partial charge is 0.310 e. The zero-order valence-corrected chi connectivity index (χ0v) is 10.2. The van der Waals surface area contributed by atoms with Gasteiger partial charge in [0.25, 0.3) is 0 Å². The number of rotatable bonds is 3. The van der Waals surface area contributed by atoms with Gasteiger partial charge in [-0.05, 0) is 18.8 Å². The Morgan fingerprint density at radius 1 is 1.47 bits per heavy atom. The van der Waals surface area contributed by atoms with Gasteiger partial charge in [0, 0.05) is 18.6 Å². The summed E-state index contributed by atoms with van der Waals surface area (Å²) in [6.07, 6.45) is 1.19. The molecule has 1 rings (SSSR count). The maximum Gasteiger partial charge on any atom is 0.108 e. The maximum atomic E-state index is 8.85. The van der Waals surface area contributed by atoms with Gasteiger partial charge in [-0.25, -0.2) is 0 Å². The fourth-order valence-corrected chi connectivity index (χ4v) is 2.66. The Morgan fingerprint density at radius 2 is 2.13 bits per heavy atom. The van der Waals surface area contributed by atoms with Crippen molar-refractivity contribution in [1.82, 2.24) is 10.6 Å². The highest BCUT2D eigenvalue weighted by atomic mass is 15.1. The van der Waals surface area contributed by atoms with Crippen LogP contribution < -0.4 is 10.6 Å². The van der Waals surface area contributed by atoms with Gasteiger partial charge in [-0.15, -0.1) is 0 Å². The van der Waals surface area contributed by atoms with Crippen molar-refractivity contribution in [3.63, 3.8) is 0 Å². The van der Waals surface area contributed by atoms with Gasteiger partial charge in [0.2, 0.25) is 0 Å². The first kappa shape index (κ1) is 12.5. The van der Waals surface area contributed by atoms with E-state index in [4.69, 9.17) is 5.26 Å². The first-order chi connectivity index (χ1) is 7.10. The second-order valence-corrected chi connectivity index (χ2v) is 4.89. The molecule has 3 heteroatoms. The summed E-state index contributed by atoms with van der Waals surface area (Å²) in [6.45, 7) is 9.74. The first-order valence-electron chi connectivity index (χ1n) is 5.99. The molecule has 0 saturated carbocycles. The normalized spacial score (nSPS) is 33.7. The summed E-state index contributed by atoms with van der Waals surface area (Å²) in [5, 5.41) is 15.7. The van der Waals surface area contributed by atoms with Crippen molar-refractivity contribution < 1.29 is 0 Å². The third-order valence-electron chi connectivity index (χ3n) is 3.51. The van der Waals surface area contributed by atoms with Gasteiger partial charge in [-0.3, -0.25) is 5.32 Å². The van der Waals surface area contributed by atoms with Gasteiger partial charge in [-0.2, -0.15) is 5.26 Å². The number of nitrogens with zero attached hydrogens (tertiary/aromatic N) is 1. The molecular weight excluding hydrogens is 186 g/mol. The van der Waals surface area contributed by atoms with Crippen molar-refractivity contribution in [2.24, 2.45) is 11.8 Å². The standard InChI is InChI=1S/C12H23N3/c1-5-11(8(2)3)12-9(4)15-10(6-13)7-14-12/h8-12,14-15H,5,7H2,1-4H3. The first-order valence-corrected chi connectivity index (χ1v) is 5.99. The van der Waals surface area contributed by atoms with Gasteiger partial charge in [0.15, 0.2) is 0 Å². The zero-order chi connectivity index (χ0) is 11.4. The molecule has 1 aliphatic heterocycles. The van der Waals surface area contributed by atoms with Crippen molar-refractivity contribution in [2.75, 3.05) is 6.54 Å². The van der Waals surface area contributed by atoms with E-state index < -0.39 is 0 Å². The predicted octanol–water partition coefficient (Wildman–Crippen LogP) is 1.51. The monoisotopic (exact) mass is 209 g/mol. The van der Waals surface area contributed by atoms with E-state index >= 15 is 0 Å². The Balaban J connectivity index is 2.60. The molecule has 0 radical (unpaired) electrons. The van der Waals surface area contributed by atoms with Crippen LogP contribution in [0.3, 0.4) is 0 Å². The molecule has 15 heavy (non-hydrogen) atoms. The minimum absolute atomic E-state index is 0.0269. The number of hydrogen-bond donors (Lipinski definition) is 2.